The fourth-order valence-corrected chi connectivity index (χ4v) is 0.227. The van der Waals surface area contributed by atoms with Crippen molar-refractivity contribution in [1.29, 1.82) is 5.41 Å². The van der Waals surface area contributed by atoms with Crippen molar-refractivity contribution in [2.45, 2.75) is 13.3 Å². The van der Waals surface area contributed by atoms with Gasteiger partial charge >= 0.3 is 6.02 Å². The smallest absolute Gasteiger partial charge is 0.308 e. The van der Waals surface area contributed by atoms with E-state index in [9.17, 15) is 0 Å². The van der Waals surface area contributed by atoms with Crippen molar-refractivity contribution in [3.63, 3.8) is 0 Å². The molecule has 3 heteroatoms. The highest BCUT2D eigenvalue weighted by Gasteiger charge is 1.81. The third-order valence-electron chi connectivity index (χ3n) is 0.584. The summed E-state index contributed by atoms with van der Waals surface area (Å²) in [4.78, 5) is 3.60. The molecule has 1 N–H and O–H groups in total. The number of hydrogen-bond donors (Lipinski definition) is 1. The molecule has 0 unspecified atom stereocenters. The zero-order chi connectivity index (χ0) is 6.41. The Labute approximate surface area is 48.9 Å². The van der Waals surface area contributed by atoms with Gasteiger partial charge in [-0.15, -0.1) is 0 Å². The second-order valence-corrected chi connectivity index (χ2v) is 1.23. The van der Waals surface area contributed by atoms with Crippen LogP contribution in [0.3, 0.4) is 0 Å². The van der Waals surface area contributed by atoms with Gasteiger partial charge in [0.2, 0.25) is 0 Å². The number of rotatable bonds is 1. The molecule has 0 rings (SSSR count). The third-order valence-corrected chi connectivity index (χ3v) is 0.584. The normalized spacial score (nSPS) is 9.75. The molecule has 0 bridgehead atoms. The zero-order valence-corrected chi connectivity index (χ0v) is 5.14. The Morgan fingerprint density at radius 1 is 1.88 bits per heavy atom. The van der Waals surface area contributed by atoms with Crippen molar-refractivity contribution in [1.82, 2.24) is 0 Å². The lowest BCUT2D eigenvalue weighted by Crippen LogP contribution is -1.93. The number of nitrogens with zero attached hydrogens (tertiary/aromatic N) is 1. The standard InChI is InChI=1S/C5H10N2O/c1-3-4-7-5(6)8-2/h4,6H,3H2,1-2H3. The van der Waals surface area contributed by atoms with Gasteiger partial charge in [-0.05, 0) is 6.42 Å². The summed E-state index contributed by atoms with van der Waals surface area (Å²) in [5, 5.41) is 6.82. The fourth-order valence-electron chi connectivity index (χ4n) is 0.227. The molecule has 3 nitrogen and oxygen atoms in total. The summed E-state index contributed by atoms with van der Waals surface area (Å²) in [5.41, 5.74) is 0. The van der Waals surface area contributed by atoms with E-state index >= 15 is 0 Å². The highest BCUT2D eigenvalue weighted by atomic mass is 16.5. The summed E-state index contributed by atoms with van der Waals surface area (Å²) in [5.74, 6) is 0. The average molecular weight is 114 g/mol. The summed E-state index contributed by atoms with van der Waals surface area (Å²) in [6.07, 6.45) is 2.47. The molecule has 0 aromatic carbocycles. The molecular formula is C5H10N2O. The quantitative estimate of drug-likeness (QED) is 0.402. The van der Waals surface area contributed by atoms with Crippen LogP contribution in [-0.4, -0.2) is 19.3 Å². The van der Waals surface area contributed by atoms with Gasteiger partial charge in [0.05, 0.1) is 7.11 Å². The van der Waals surface area contributed by atoms with E-state index in [2.05, 4.69) is 9.73 Å². The number of ether oxygens (including phenoxy) is 1. The van der Waals surface area contributed by atoms with E-state index in [1.54, 1.807) is 6.21 Å². The Balaban J connectivity index is 3.37. The van der Waals surface area contributed by atoms with E-state index in [0.717, 1.165) is 6.42 Å². The molecule has 8 heavy (non-hydrogen) atoms. The fraction of sp³-hybridized carbons (Fsp3) is 0.600. The average Bonchev–Trinajstić information content (AvgIpc) is 1.83. The first-order chi connectivity index (χ1) is 3.81. The van der Waals surface area contributed by atoms with Crippen molar-refractivity contribution in [3.8, 4) is 0 Å². The Morgan fingerprint density at radius 3 is 2.88 bits per heavy atom. The van der Waals surface area contributed by atoms with Gasteiger partial charge < -0.3 is 4.74 Å². The van der Waals surface area contributed by atoms with Crippen molar-refractivity contribution in [3.05, 3.63) is 0 Å². The number of aliphatic imine (C=N–C) groups is 1. The molecular weight excluding hydrogens is 104 g/mol. The molecule has 0 fully saturated rings. The first-order valence-corrected chi connectivity index (χ1v) is 2.46. The second-order valence-electron chi connectivity index (χ2n) is 1.23. The van der Waals surface area contributed by atoms with E-state index in [1.807, 2.05) is 6.92 Å². The molecule has 0 aromatic heterocycles. The molecule has 0 radical (unpaired) electrons. The van der Waals surface area contributed by atoms with Gasteiger partial charge in [0.25, 0.3) is 0 Å². The van der Waals surface area contributed by atoms with Crippen LogP contribution in [0.4, 0.5) is 0 Å². The molecule has 0 saturated heterocycles. The van der Waals surface area contributed by atoms with Crippen LogP contribution in [-0.2, 0) is 4.74 Å². The summed E-state index contributed by atoms with van der Waals surface area (Å²) in [6, 6.07) is -0.0353. The topological polar surface area (TPSA) is 45.4 Å². The minimum atomic E-state index is -0.0353. The molecule has 0 aromatic rings. The predicted octanol–water partition coefficient (Wildman–Crippen LogP) is 1.05. The van der Waals surface area contributed by atoms with Crippen LogP contribution < -0.4 is 0 Å². The van der Waals surface area contributed by atoms with Gasteiger partial charge in [0.15, 0.2) is 0 Å². The van der Waals surface area contributed by atoms with E-state index in [4.69, 9.17) is 5.41 Å². The summed E-state index contributed by atoms with van der Waals surface area (Å²) >= 11 is 0. The molecule has 46 valence electrons. The zero-order valence-electron chi connectivity index (χ0n) is 5.14. The Bertz CT molecular complexity index is 98.6. The minimum Gasteiger partial charge on any atom is -0.467 e. The highest BCUT2D eigenvalue weighted by Crippen LogP contribution is 1.75. The predicted molar refractivity (Wildman–Crippen MR) is 33.5 cm³/mol. The van der Waals surface area contributed by atoms with Crippen molar-refractivity contribution < 1.29 is 4.74 Å². The monoisotopic (exact) mass is 114 g/mol. The van der Waals surface area contributed by atoms with Crippen LogP contribution >= 0.6 is 0 Å². The molecule has 0 aliphatic heterocycles. The van der Waals surface area contributed by atoms with Crippen molar-refractivity contribution in [2.24, 2.45) is 4.99 Å². The lowest BCUT2D eigenvalue weighted by Gasteiger charge is -1.89. The molecule has 0 aliphatic carbocycles. The maximum absolute atomic E-state index is 6.82. The largest absolute Gasteiger partial charge is 0.467 e. The van der Waals surface area contributed by atoms with Gasteiger partial charge in [0.1, 0.15) is 0 Å². The molecule has 0 amide bonds. The lowest BCUT2D eigenvalue weighted by molar-refractivity contribution is 0.393. The van der Waals surface area contributed by atoms with Crippen molar-refractivity contribution >= 4 is 12.2 Å². The van der Waals surface area contributed by atoms with Crippen LogP contribution in [0.15, 0.2) is 4.99 Å². The van der Waals surface area contributed by atoms with Crippen LogP contribution in [0.2, 0.25) is 0 Å². The van der Waals surface area contributed by atoms with E-state index in [1.165, 1.54) is 7.11 Å². The second kappa shape index (κ2) is 4.30. The first kappa shape index (κ1) is 7.14. The molecule has 0 atom stereocenters. The number of methoxy groups -OCH3 is 1. The first-order valence-electron chi connectivity index (χ1n) is 2.46. The maximum atomic E-state index is 6.82. The van der Waals surface area contributed by atoms with E-state index in [-0.39, 0.29) is 6.02 Å². The van der Waals surface area contributed by atoms with Crippen LogP contribution in [0.5, 0.6) is 0 Å². The van der Waals surface area contributed by atoms with E-state index < -0.39 is 0 Å². The van der Waals surface area contributed by atoms with Crippen molar-refractivity contribution in [2.75, 3.05) is 7.11 Å². The highest BCUT2D eigenvalue weighted by molar-refractivity contribution is 5.80. The summed E-state index contributed by atoms with van der Waals surface area (Å²) < 4.78 is 4.44. The Hall–Kier alpha value is -0.860. The van der Waals surface area contributed by atoms with Gasteiger partial charge in [0, 0.05) is 6.21 Å². The SMILES string of the molecule is CCC=NC(=N)OC. The Morgan fingerprint density at radius 2 is 2.50 bits per heavy atom. The number of amidine groups is 1. The Kier molecular flexibility index (Phi) is 3.84. The van der Waals surface area contributed by atoms with Gasteiger partial charge in [-0.3, -0.25) is 0 Å². The summed E-state index contributed by atoms with van der Waals surface area (Å²) in [6.45, 7) is 1.95. The van der Waals surface area contributed by atoms with Gasteiger partial charge in [-0.1, -0.05) is 6.92 Å². The molecule has 0 aliphatic rings. The third kappa shape index (κ3) is 3.33. The van der Waals surface area contributed by atoms with Gasteiger partial charge in [-0.2, -0.15) is 0 Å². The molecule has 0 saturated carbocycles. The summed E-state index contributed by atoms with van der Waals surface area (Å²) in [7, 11) is 1.43. The number of hydrogen-bond acceptors (Lipinski definition) is 2. The van der Waals surface area contributed by atoms with Gasteiger partial charge in [-0.25, -0.2) is 10.4 Å². The lowest BCUT2D eigenvalue weighted by atomic mass is 10.5. The van der Waals surface area contributed by atoms with Crippen LogP contribution in [0.25, 0.3) is 0 Å². The van der Waals surface area contributed by atoms with E-state index in [0.29, 0.717) is 0 Å². The van der Waals surface area contributed by atoms with Crippen LogP contribution in [0, 0.1) is 5.41 Å². The maximum Gasteiger partial charge on any atom is 0.308 e. The van der Waals surface area contributed by atoms with Crippen LogP contribution in [0.1, 0.15) is 13.3 Å². The number of nitrogens with one attached hydrogen (secondary N) is 1. The molecule has 0 spiro atoms. The molecule has 0 heterocycles. The minimum absolute atomic E-state index is 0.0353.